The molecule has 2 fully saturated rings. The lowest BCUT2D eigenvalue weighted by molar-refractivity contribution is -0.144. The van der Waals surface area contributed by atoms with Gasteiger partial charge < -0.3 is 15.3 Å². The van der Waals surface area contributed by atoms with Gasteiger partial charge in [0.05, 0.1) is 11.8 Å². The van der Waals surface area contributed by atoms with Gasteiger partial charge in [0.1, 0.15) is 12.1 Å². The van der Waals surface area contributed by atoms with Gasteiger partial charge in [-0.25, -0.2) is 4.68 Å². The van der Waals surface area contributed by atoms with Crippen LogP contribution >= 0.6 is 0 Å². The number of aromatic nitrogens is 4. The number of aliphatic hydroxyl groups excluding tert-OH is 1. The van der Waals surface area contributed by atoms with Crippen LogP contribution in [0.3, 0.4) is 0 Å². The number of nitrogens with zero attached hydrogens (tertiary/aromatic N) is 5. The molecule has 3 aliphatic rings. The number of hydrogen-bond donors (Lipinski definition) is 2. The Morgan fingerprint density at radius 3 is 2.76 bits per heavy atom. The number of rotatable bonds is 6. The third-order valence-corrected chi connectivity index (χ3v) is 7.27. The summed E-state index contributed by atoms with van der Waals surface area (Å²) in [6, 6.07) is -1.34. The van der Waals surface area contributed by atoms with E-state index in [9.17, 15) is 14.7 Å². The molecule has 5 rings (SSSR count). The van der Waals surface area contributed by atoms with Crippen molar-refractivity contribution in [3.63, 3.8) is 0 Å². The van der Waals surface area contributed by atoms with Gasteiger partial charge in [0.2, 0.25) is 11.8 Å². The van der Waals surface area contributed by atoms with E-state index >= 15 is 0 Å². The zero-order chi connectivity index (χ0) is 24.0. The number of fused-ring (bicyclic) bond motifs is 1. The van der Waals surface area contributed by atoms with Crippen LogP contribution in [0.2, 0.25) is 0 Å². The van der Waals surface area contributed by atoms with Gasteiger partial charge in [-0.2, -0.15) is 0 Å². The van der Waals surface area contributed by atoms with Crippen LogP contribution in [0.1, 0.15) is 80.8 Å². The van der Waals surface area contributed by atoms with Crippen LogP contribution in [0.5, 0.6) is 0 Å². The summed E-state index contributed by atoms with van der Waals surface area (Å²) in [5.74, 6) is -0.0188. The van der Waals surface area contributed by atoms with Crippen molar-refractivity contribution in [2.24, 2.45) is 5.41 Å². The molecule has 1 saturated carbocycles. The topological polar surface area (TPSA) is 113 Å². The smallest absolute Gasteiger partial charge is 0.248 e. The fourth-order valence-corrected chi connectivity index (χ4v) is 5.35. The molecule has 2 N–H and O–H groups in total. The molecule has 0 radical (unpaired) electrons. The van der Waals surface area contributed by atoms with E-state index in [0.29, 0.717) is 12.5 Å². The summed E-state index contributed by atoms with van der Waals surface area (Å²) in [6.45, 7) is 6.46. The van der Waals surface area contributed by atoms with Crippen molar-refractivity contribution in [3.05, 3.63) is 41.0 Å². The number of nitrogens with one attached hydrogen (secondary N) is 1. The van der Waals surface area contributed by atoms with Crippen molar-refractivity contribution < 1.29 is 14.7 Å². The Morgan fingerprint density at radius 1 is 1.24 bits per heavy atom. The number of β-amino-alcohol motifs (C(OH)–C–C–N with tert-alkyl or cyclic N) is 1. The van der Waals surface area contributed by atoms with Gasteiger partial charge in [-0.15, -0.1) is 5.10 Å². The SMILES string of the molecule is CC(C)(C)[C@@H](C(=O)N1CC(O)CC1C(=O)NCc1cncc2c1CCC2)n1cc(C2CC2)nn1. The number of likely N-dealkylation sites (tertiary alicyclic amines) is 1. The molecule has 34 heavy (non-hydrogen) atoms. The molecule has 9 heteroatoms. The fraction of sp³-hybridized carbons (Fsp3) is 0.640. The number of hydrogen-bond acceptors (Lipinski definition) is 6. The molecule has 3 heterocycles. The van der Waals surface area contributed by atoms with E-state index in [-0.39, 0.29) is 24.8 Å². The van der Waals surface area contributed by atoms with E-state index in [0.717, 1.165) is 43.4 Å². The fourth-order valence-electron chi connectivity index (χ4n) is 5.35. The minimum Gasteiger partial charge on any atom is -0.391 e. The van der Waals surface area contributed by atoms with Gasteiger partial charge in [0.25, 0.3) is 0 Å². The molecule has 2 aromatic rings. The lowest BCUT2D eigenvalue weighted by Crippen LogP contribution is -2.50. The molecule has 2 unspecified atom stereocenters. The zero-order valence-corrected chi connectivity index (χ0v) is 20.2. The molecule has 0 aromatic carbocycles. The Kier molecular flexibility index (Phi) is 5.91. The van der Waals surface area contributed by atoms with Gasteiger partial charge in [-0.05, 0) is 54.2 Å². The van der Waals surface area contributed by atoms with E-state index in [2.05, 4.69) is 20.6 Å². The van der Waals surface area contributed by atoms with Crippen LogP contribution in [0, 0.1) is 5.41 Å². The molecule has 2 aromatic heterocycles. The van der Waals surface area contributed by atoms with E-state index < -0.39 is 23.6 Å². The summed E-state index contributed by atoms with van der Waals surface area (Å²) >= 11 is 0. The van der Waals surface area contributed by atoms with Crippen molar-refractivity contribution >= 4 is 11.8 Å². The Hall–Kier alpha value is -2.81. The van der Waals surface area contributed by atoms with Gasteiger partial charge in [0, 0.05) is 44.0 Å². The van der Waals surface area contributed by atoms with Crippen LogP contribution in [-0.4, -0.2) is 60.5 Å². The first-order chi connectivity index (χ1) is 16.2. The third-order valence-electron chi connectivity index (χ3n) is 7.27. The Morgan fingerprint density at radius 2 is 2.03 bits per heavy atom. The van der Waals surface area contributed by atoms with Crippen molar-refractivity contribution in [1.82, 2.24) is 30.2 Å². The monoisotopic (exact) mass is 466 g/mol. The summed E-state index contributed by atoms with van der Waals surface area (Å²) in [4.78, 5) is 32.9. The van der Waals surface area contributed by atoms with Crippen LogP contribution in [0.25, 0.3) is 0 Å². The normalized spacial score (nSPS) is 23.1. The Bertz CT molecular complexity index is 1090. The van der Waals surface area contributed by atoms with Gasteiger partial charge in [-0.3, -0.25) is 14.6 Å². The predicted molar refractivity (Wildman–Crippen MR) is 125 cm³/mol. The maximum atomic E-state index is 13.8. The van der Waals surface area contributed by atoms with Crippen LogP contribution in [0.4, 0.5) is 0 Å². The molecule has 1 saturated heterocycles. The highest BCUT2D eigenvalue weighted by molar-refractivity contribution is 5.90. The number of carbonyl (C=O) groups excluding carboxylic acids is 2. The number of carbonyl (C=O) groups is 2. The third kappa shape index (κ3) is 4.45. The van der Waals surface area contributed by atoms with Crippen LogP contribution in [-0.2, 0) is 29.0 Å². The lowest BCUT2D eigenvalue weighted by Gasteiger charge is -2.34. The quantitative estimate of drug-likeness (QED) is 0.672. The molecule has 0 spiro atoms. The van der Waals surface area contributed by atoms with E-state index in [1.807, 2.05) is 39.4 Å². The molecule has 9 nitrogen and oxygen atoms in total. The molecule has 2 aliphatic carbocycles. The first-order valence-corrected chi connectivity index (χ1v) is 12.3. The number of pyridine rings is 1. The zero-order valence-electron chi connectivity index (χ0n) is 20.2. The Labute approximate surface area is 199 Å². The van der Waals surface area contributed by atoms with Crippen LogP contribution in [0.15, 0.2) is 18.6 Å². The molecule has 1 aliphatic heterocycles. The molecule has 0 bridgehead atoms. The first-order valence-electron chi connectivity index (χ1n) is 12.3. The van der Waals surface area contributed by atoms with Crippen LogP contribution < -0.4 is 5.32 Å². The van der Waals surface area contributed by atoms with E-state index in [1.165, 1.54) is 16.0 Å². The second kappa shape index (κ2) is 8.76. The van der Waals surface area contributed by atoms with Crippen molar-refractivity contribution in [2.45, 2.75) is 89.9 Å². The minimum atomic E-state index is -0.735. The summed E-state index contributed by atoms with van der Waals surface area (Å²) in [6.07, 6.45) is 10.4. The highest BCUT2D eigenvalue weighted by atomic mass is 16.3. The molecular formula is C25H34N6O3. The summed E-state index contributed by atoms with van der Waals surface area (Å²) in [5.41, 5.74) is 4.03. The number of aryl methyl sites for hydroxylation is 1. The van der Waals surface area contributed by atoms with Gasteiger partial charge in [0.15, 0.2) is 0 Å². The maximum Gasteiger partial charge on any atom is 0.248 e. The summed E-state index contributed by atoms with van der Waals surface area (Å²) < 4.78 is 1.65. The van der Waals surface area contributed by atoms with E-state index in [1.54, 1.807) is 4.68 Å². The lowest BCUT2D eigenvalue weighted by atomic mass is 9.85. The summed E-state index contributed by atoms with van der Waals surface area (Å²) in [7, 11) is 0. The first kappa shape index (κ1) is 23.0. The predicted octanol–water partition coefficient (Wildman–Crippen LogP) is 1.90. The maximum absolute atomic E-state index is 13.8. The van der Waals surface area contributed by atoms with Gasteiger partial charge >= 0.3 is 0 Å². The van der Waals surface area contributed by atoms with Crippen molar-refractivity contribution in [2.75, 3.05) is 6.54 Å². The van der Waals surface area contributed by atoms with Crippen molar-refractivity contribution in [1.29, 1.82) is 0 Å². The largest absolute Gasteiger partial charge is 0.391 e. The molecule has 182 valence electrons. The van der Waals surface area contributed by atoms with Gasteiger partial charge in [-0.1, -0.05) is 26.0 Å². The number of amides is 2. The van der Waals surface area contributed by atoms with Crippen molar-refractivity contribution in [3.8, 4) is 0 Å². The highest BCUT2D eigenvalue weighted by Crippen LogP contribution is 2.40. The standard InChI is InChI=1S/C25H34N6O3/c1-25(2,3)22(31-14-20(28-29-31)15-7-8-15)24(34)30-13-18(32)9-21(30)23(33)27-12-17-11-26-10-16-5-4-6-19(16)17/h10-11,14-15,18,21-22,32H,4-9,12-13H2,1-3H3,(H,27,33)/t18?,21?,22-/m1/s1. The Balaban J connectivity index is 1.33. The average Bonchev–Trinajstić information content (AvgIpc) is 3.17. The second-order valence-corrected chi connectivity index (χ2v) is 11.1. The molecular weight excluding hydrogens is 432 g/mol. The molecule has 2 amide bonds. The highest BCUT2D eigenvalue weighted by Gasteiger charge is 2.45. The van der Waals surface area contributed by atoms with E-state index in [4.69, 9.17) is 0 Å². The summed E-state index contributed by atoms with van der Waals surface area (Å²) in [5, 5.41) is 22.0. The number of aliphatic hydroxyl groups is 1. The average molecular weight is 467 g/mol. The molecule has 3 atom stereocenters. The minimum absolute atomic E-state index is 0.135. The second-order valence-electron chi connectivity index (χ2n) is 11.1.